The van der Waals surface area contributed by atoms with Gasteiger partial charge in [-0.05, 0) is 73.2 Å². The molecule has 0 amide bonds. The molecule has 0 aromatic heterocycles. The highest BCUT2D eigenvalue weighted by molar-refractivity contribution is 7.86. The summed E-state index contributed by atoms with van der Waals surface area (Å²) in [7, 11) is -8.99. The molecule has 4 N–H and O–H groups in total. The van der Waals surface area contributed by atoms with Crippen molar-refractivity contribution in [3.05, 3.63) is 66.2 Å². The van der Waals surface area contributed by atoms with Crippen LogP contribution < -0.4 is 5.73 Å². The Labute approximate surface area is 183 Å². The second-order valence-electron chi connectivity index (χ2n) is 6.54. The molecule has 0 aliphatic heterocycles. The van der Waals surface area contributed by atoms with Gasteiger partial charge in [0.2, 0.25) is 0 Å². The van der Waals surface area contributed by atoms with Crippen LogP contribution in [0.5, 0.6) is 0 Å². The van der Waals surface area contributed by atoms with Crippen molar-refractivity contribution >= 4 is 48.7 Å². The molecular weight excluding hydrogens is 458 g/mol. The predicted molar refractivity (Wildman–Crippen MR) is 116 cm³/mol. The second kappa shape index (κ2) is 8.92. The maximum Gasteiger partial charge on any atom is 0.296 e. The molecule has 0 unspecified atom stereocenters. The summed E-state index contributed by atoms with van der Waals surface area (Å²) in [6.07, 6.45) is 0. The molecule has 0 atom stereocenters. The molecule has 13 heteroatoms. The Balaban J connectivity index is 1.91. The van der Waals surface area contributed by atoms with E-state index >= 15 is 0 Å². The van der Waals surface area contributed by atoms with E-state index < -0.39 is 25.1 Å². The lowest BCUT2D eigenvalue weighted by Crippen LogP contribution is -1.98. The lowest BCUT2D eigenvalue weighted by Gasteiger charge is -2.04. The first-order chi connectivity index (χ1) is 14.9. The summed E-state index contributed by atoms with van der Waals surface area (Å²) in [6, 6.07) is 13.6. The number of rotatable bonds is 6. The molecule has 0 fully saturated rings. The van der Waals surface area contributed by atoms with Gasteiger partial charge >= 0.3 is 0 Å². The SMILES string of the molecule is Cc1cc(N)ccc1N=Nc1ccc(N=Nc2ccc(S(=O)(=O)O)cc2)cc1S(=O)(=O)O. The summed E-state index contributed by atoms with van der Waals surface area (Å²) in [5.41, 5.74) is 7.65. The van der Waals surface area contributed by atoms with Crippen LogP contribution >= 0.6 is 0 Å². The van der Waals surface area contributed by atoms with Gasteiger partial charge < -0.3 is 5.73 Å². The van der Waals surface area contributed by atoms with Crippen molar-refractivity contribution < 1.29 is 25.9 Å². The van der Waals surface area contributed by atoms with Crippen molar-refractivity contribution in [1.82, 2.24) is 0 Å². The molecule has 3 aromatic rings. The smallest absolute Gasteiger partial charge is 0.296 e. The lowest BCUT2D eigenvalue weighted by atomic mass is 10.2. The first kappa shape index (κ1) is 23.1. The van der Waals surface area contributed by atoms with E-state index in [4.69, 9.17) is 10.3 Å². The molecule has 3 aromatic carbocycles. The van der Waals surface area contributed by atoms with Crippen LogP contribution in [0.15, 0.2) is 90.9 Å². The molecule has 0 saturated heterocycles. The summed E-state index contributed by atoms with van der Waals surface area (Å²) in [5.74, 6) is 0. The molecule has 0 bridgehead atoms. The molecule has 11 nitrogen and oxygen atoms in total. The van der Waals surface area contributed by atoms with Crippen LogP contribution in [0.3, 0.4) is 0 Å². The fourth-order valence-electron chi connectivity index (χ4n) is 2.55. The third-order valence-electron chi connectivity index (χ3n) is 4.12. The van der Waals surface area contributed by atoms with Gasteiger partial charge in [0.05, 0.1) is 22.0 Å². The third kappa shape index (κ3) is 5.79. The average Bonchev–Trinajstić information content (AvgIpc) is 2.71. The summed E-state index contributed by atoms with van der Waals surface area (Å²) in [4.78, 5) is -0.830. The van der Waals surface area contributed by atoms with Gasteiger partial charge in [0.15, 0.2) is 0 Å². The lowest BCUT2D eigenvalue weighted by molar-refractivity contribution is 0.481. The zero-order valence-corrected chi connectivity index (χ0v) is 18.1. The zero-order valence-electron chi connectivity index (χ0n) is 16.5. The number of azo groups is 2. The number of anilines is 1. The largest absolute Gasteiger partial charge is 0.399 e. The van der Waals surface area contributed by atoms with Crippen molar-refractivity contribution in [2.24, 2.45) is 20.5 Å². The van der Waals surface area contributed by atoms with Gasteiger partial charge in [-0.3, -0.25) is 9.11 Å². The first-order valence-electron chi connectivity index (χ1n) is 8.82. The predicted octanol–water partition coefficient (Wildman–Crippen LogP) is 4.90. The maximum atomic E-state index is 11.8. The van der Waals surface area contributed by atoms with Gasteiger partial charge in [0, 0.05) is 5.69 Å². The maximum absolute atomic E-state index is 11.8. The zero-order chi connectivity index (χ0) is 23.5. The van der Waals surface area contributed by atoms with Crippen LogP contribution in [0.1, 0.15) is 5.56 Å². The van der Waals surface area contributed by atoms with E-state index in [9.17, 15) is 21.4 Å². The average molecular weight is 476 g/mol. The number of nitrogens with two attached hydrogens (primary N) is 1. The van der Waals surface area contributed by atoms with Gasteiger partial charge in [0.25, 0.3) is 20.2 Å². The van der Waals surface area contributed by atoms with Crippen LogP contribution in [0.2, 0.25) is 0 Å². The molecule has 3 rings (SSSR count). The number of nitrogen functional groups attached to an aromatic ring is 1. The van der Waals surface area contributed by atoms with Crippen molar-refractivity contribution in [3.63, 3.8) is 0 Å². The van der Waals surface area contributed by atoms with Gasteiger partial charge in [-0.1, -0.05) is 0 Å². The quantitative estimate of drug-likeness (QED) is 0.257. The molecular formula is C19H17N5O6S2. The van der Waals surface area contributed by atoms with Gasteiger partial charge in [-0.2, -0.15) is 32.2 Å². The van der Waals surface area contributed by atoms with Crippen LogP contribution in [0.25, 0.3) is 0 Å². The normalized spacial score (nSPS) is 12.6. The van der Waals surface area contributed by atoms with Gasteiger partial charge in [-0.15, -0.1) is 5.11 Å². The Bertz CT molecular complexity index is 1430. The monoisotopic (exact) mass is 475 g/mol. The van der Waals surface area contributed by atoms with E-state index in [0.29, 0.717) is 11.4 Å². The Morgan fingerprint density at radius 1 is 0.688 bits per heavy atom. The number of hydrogen-bond donors (Lipinski definition) is 3. The minimum Gasteiger partial charge on any atom is -0.399 e. The highest BCUT2D eigenvalue weighted by Gasteiger charge is 2.17. The minimum absolute atomic E-state index is 0.0825. The number of aryl methyl sites for hydroxylation is 1. The Kier molecular flexibility index (Phi) is 6.45. The molecule has 0 radical (unpaired) electrons. The molecule has 32 heavy (non-hydrogen) atoms. The molecule has 0 spiro atoms. The summed E-state index contributed by atoms with van der Waals surface area (Å²) >= 11 is 0. The van der Waals surface area contributed by atoms with E-state index in [1.807, 2.05) is 0 Å². The standard InChI is InChI=1S/C19H17N5O6S2/c1-12-10-13(20)2-8-17(12)23-24-18-9-5-15(11-19(18)32(28,29)30)22-21-14-3-6-16(7-4-14)31(25,26)27/h2-11H,20H2,1H3,(H,25,26,27)(H,28,29,30). The number of hydrogen-bond acceptors (Lipinski definition) is 9. The van der Waals surface area contributed by atoms with E-state index in [-0.39, 0.29) is 22.0 Å². The fraction of sp³-hybridized carbons (Fsp3) is 0.0526. The third-order valence-corrected chi connectivity index (χ3v) is 5.87. The van der Waals surface area contributed by atoms with Crippen molar-refractivity contribution in [2.75, 3.05) is 5.73 Å². The molecule has 166 valence electrons. The molecule has 0 aliphatic carbocycles. The fourth-order valence-corrected chi connectivity index (χ4v) is 3.68. The van der Waals surface area contributed by atoms with E-state index in [1.54, 1.807) is 25.1 Å². The Morgan fingerprint density at radius 2 is 1.25 bits per heavy atom. The summed E-state index contributed by atoms with van der Waals surface area (Å²) in [6.45, 7) is 1.76. The van der Waals surface area contributed by atoms with Gasteiger partial charge in [0.1, 0.15) is 10.6 Å². The highest BCUT2D eigenvalue weighted by Crippen LogP contribution is 2.32. The van der Waals surface area contributed by atoms with Gasteiger partial charge in [-0.25, -0.2) is 0 Å². The topological polar surface area (TPSA) is 184 Å². The summed E-state index contributed by atoms with van der Waals surface area (Å²) < 4.78 is 64.3. The van der Waals surface area contributed by atoms with E-state index in [2.05, 4.69) is 20.5 Å². The van der Waals surface area contributed by atoms with Crippen LogP contribution in [-0.4, -0.2) is 25.9 Å². The van der Waals surface area contributed by atoms with E-state index in [0.717, 1.165) is 23.8 Å². The van der Waals surface area contributed by atoms with Crippen molar-refractivity contribution in [2.45, 2.75) is 16.7 Å². The minimum atomic E-state index is -4.65. The summed E-state index contributed by atoms with van der Waals surface area (Å²) in [5, 5.41) is 15.7. The van der Waals surface area contributed by atoms with E-state index in [1.165, 1.54) is 24.3 Å². The Hall–Kier alpha value is -3.52. The van der Waals surface area contributed by atoms with Crippen molar-refractivity contribution in [1.29, 1.82) is 0 Å². The molecule has 0 heterocycles. The number of nitrogens with zero attached hydrogens (tertiary/aromatic N) is 4. The van der Waals surface area contributed by atoms with Crippen molar-refractivity contribution in [3.8, 4) is 0 Å². The number of benzene rings is 3. The molecule has 0 saturated carbocycles. The highest BCUT2D eigenvalue weighted by atomic mass is 32.2. The first-order valence-corrected chi connectivity index (χ1v) is 11.7. The second-order valence-corrected chi connectivity index (χ2v) is 9.35. The van der Waals surface area contributed by atoms with Crippen LogP contribution in [0.4, 0.5) is 28.4 Å². The van der Waals surface area contributed by atoms with Crippen LogP contribution in [-0.2, 0) is 20.2 Å². The molecule has 0 aliphatic rings. The van der Waals surface area contributed by atoms with Crippen LogP contribution in [0, 0.1) is 6.92 Å². The Morgan fingerprint density at radius 3 is 1.84 bits per heavy atom.